The van der Waals surface area contributed by atoms with E-state index in [4.69, 9.17) is 15.9 Å². The van der Waals surface area contributed by atoms with Gasteiger partial charge in [0.25, 0.3) is 0 Å². The van der Waals surface area contributed by atoms with Crippen LogP contribution in [0.5, 0.6) is 11.5 Å². The number of ether oxygens (including phenoxy) is 2. The van der Waals surface area contributed by atoms with Crippen LogP contribution in [0.15, 0.2) is 6.07 Å². The third-order valence-corrected chi connectivity index (χ3v) is 2.41. The molecule has 0 aliphatic heterocycles. The van der Waals surface area contributed by atoms with Crippen molar-refractivity contribution < 1.29 is 19.4 Å². The monoisotopic (exact) mass is 258 g/mol. The zero-order chi connectivity index (χ0) is 14.4. The highest BCUT2D eigenvalue weighted by Crippen LogP contribution is 2.36. The van der Waals surface area contributed by atoms with Crippen LogP contribution in [0, 0.1) is 31.1 Å². The maximum absolute atomic E-state index is 11.2. The molecule has 0 amide bonds. The minimum absolute atomic E-state index is 0.0720. The smallest absolute Gasteiger partial charge is 0.337 e. The van der Waals surface area contributed by atoms with Crippen molar-refractivity contribution in [1.82, 2.24) is 0 Å². The molecule has 19 heavy (non-hydrogen) atoms. The van der Waals surface area contributed by atoms with Gasteiger partial charge in [0.2, 0.25) is 0 Å². The highest BCUT2D eigenvalue weighted by atomic mass is 16.5. The van der Waals surface area contributed by atoms with E-state index in [0.29, 0.717) is 17.1 Å². The van der Waals surface area contributed by atoms with E-state index in [2.05, 4.69) is 17.8 Å². The van der Waals surface area contributed by atoms with E-state index in [1.165, 1.54) is 13.2 Å². The highest BCUT2D eigenvalue weighted by molar-refractivity contribution is 5.93. The maximum Gasteiger partial charge on any atom is 0.337 e. The third-order valence-electron chi connectivity index (χ3n) is 2.41. The van der Waals surface area contributed by atoms with E-state index < -0.39 is 5.97 Å². The summed E-state index contributed by atoms with van der Waals surface area (Å²) in [5.41, 5.74) is 0.998. The fourth-order valence-corrected chi connectivity index (χ4v) is 1.67. The molecule has 1 rings (SSSR count). The van der Waals surface area contributed by atoms with Gasteiger partial charge in [-0.15, -0.1) is 12.3 Å². The Kier molecular flexibility index (Phi) is 4.85. The molecule has 0 fully saturated rings. The van der Waals surface area contributed by atoms with Crippen molar-refractivity contribution in [3.63, 3.8) is 0 Å². The molecule has 1 aromatic rings. The average molecular weight is 258 g/mol. The molecule has 0 aliphatic carbocycles. The maximum atomic E-state index is 11.2. The molecule has 0 spiro atoms. The normalized spacial score (nSPS) is 8.95. The molecule has 0 saturated carbocycles. The zero-order valence-corrected chi connectivity index (χ0v) is 11.0. The molecule has 0 radical (unpaired) electrons. The Bertz CT molecular complexity index is 597. The lowest BCUT2D eigenvalue weighted by atomic mass is 10.0. The fourth-order valence-electron chi connectivity index (χ4n) is 1.67. The lowest BCUT2D eigenvalue weighted by Gasteiger charge is -2.15. The molecule has 4 heteroatoms. The number of aromatic carboxylic acids is 1. The van der Waals surface area contributed by atoms with E-state index in [1.807, 2.05) is 0 Å². The Morgan fingerprint density at radius 3 is 2.63 bits per heavy atom. The molecule has 1 aromatic carbocycles. The van der Waals surface area contributed by atoms with Gasteiger partial charge in [0.05, 0.1) is 18.2 Å². The molecular weight excluding hydrogens is 244 g/mol. The topological polar surface area (TPSA) is 55.8 Å². The van der Waals surface area contributed by atoms with E-state index in [9.17, 15) is 9.90 Å². The third kappa shape index (κ3) is 3.00. The minimum atomic E-state index is -1.07. The number of hydrogen-bond acceptors (Lipinski definition) is 3. The van der Waals surface area contributed by atoms with Crippen molar-refractivity contribution in [3.8, 4) is 35.7 Å². The second-order valence-corrected chi connectivity index (χ2v) is 3.65. The van der Waals surface area contributed by atoms with Crippen LogP contribution in [0.2, 0.25) is 0 Å². The summed E-state index contributed by atoms with van der Waals surface area (Å²) in [6.45, 7) is 3.42. The first-order valence-corrected chi connectivity index (χ1v) is 5.50. The summed E-state index contributed by atoms with van der Waals surface area (Å²) in [7, 11) is 1.43. The van der Waals surface area contributed by atoms with E-state index >= 15 is 0 Å². The van der Waals surface area contributed by atoms with E-state index in [0.717, 1.165) is 0 Å². The molecule has 0 heterocycles. The number of carboxylic acids is 1. The van der Waals surface area contributed by atoms with Crippen molar-refractivity contribution in [2.75, 3.05) is 13.7 Å². The minimum Gasteiger partial charge on any atom is -0.492 e. The molecule has 0 unspecified atom stereocenters. The number of hydrogen-bond donors (Lipinski definition) is 1. The predicted octanol–water partition coefficient (Wildman–Crippen LogP) is 2.09. The highest BCUT2D eigenvalue weighted by Gasteiger charge is 2.20. The summed E-state index contributed by atoms with van der Waals surface area (Å²) in [5, 5.41) is 9.21. The molecule has 0 bridgehead atoms. The van der Waals surface area contributed by atoms with Crippen LogP contribution >= 0.6 is 0 Å². The quantitative estimate of drug-likeness (QED) is 0.840. The standard InChI is InChI=1S/C15H14O4/c1-5-7-11-12(15(16)17)9-10(3)13(14(11)18-4)19-8-6-2/h2,9H,8H2,1,3-4H3,(H,16,17). The first-order chi connectivity index (χ1) is 9.06. The Balaban J connectivity index is 3.58. The lowest BCUT2D eigenvalue weighted by Crippen LogP contribution is -2.07. The molecule has 0 atom stereocenters. The summed E-state index contributed by atoms with van der Waals surface area (Å²) in [4.78, 5) is 11.2. The van der Waals surface area contributed by atoms with Gasteiger partial charge in [0.15, 0.2) is 11.5 Å². The Morgan fingerprint density at radius 1 is 1.47 bits per heavy atom. The van der Waals surface area contributed by atoms with Crippen LogP contribution in [0.25, 0.3) is 0 Å². The number of methoxy groups -OCH3 is 1. The number of aryl methyl sites for hydroxylation is 1. The second-order valence-electron chi connectivity index (χ2n) is 3.65. The van der Waals surface area contributed by atoms with Crippen LogP contribution in [0.4, 0.5) is 0 Å². The van der Waals surface area contributed by atoms with Gasteiger partial charge in [0, 0.05) is 0 Å². The first kappa shape index (κ1) is 14.5. The molecule has 0 saturated heterocycles. The summed E-state index contributed by atoms with van der Waals surface area (Å²) < 4.78 is 10.6. The van der Waals surface area contributed by atoms with Gasteiger partial charge >= 0.3 is 5.97 Å². The lowest BCUT2D eigenvalue weighted by molar-refractivity contribution is 0.0696. The van der Waals surface area contributed by atoms with Gasteiger partial charge in [-0.05, 0) is 25.5 Å². The molecule has 0 aromatic heterocycles. The molecule has 1 N–H and O–H groups in total. The zero-order valence-electron chi connectivity index (χ0n) is 11.0. The predicted molar refractivity (Wildman–Crippen MR) is 71.6 cm³/mol. The van der Waals surface area contributed by atoms with Gasteiger partial charge in [-0.25, -0.2) is 4.79 Å². The van der Waals surface area contributed by atoms with Gasteiger partial charge in [-0.3, -0.25) is 0 Å². The van der Waals surface area contributed by atoms with Crippen LogP contribution in [-0.4, -0.2) is 24.8 Å². The van der Waals surface area contributed by atoms with Crippen molar-refractivity contribution in [2.45, 2.75) is 13.8 Å². The second kappa shape index (κ2) is 6.37. The van der Waals surface area contributed by atoms with Crippen LogP contribution < -0.4 is 9.47 Å². The summed E-state index contributed by atoms with van der Waals surface area (Å²) >= 11 is 0. The van der Waals surface area contributed by atoms with Crippen LogP contribution in [-0.2, 0) is 0 Å². The molecule has 98 valence electrons. The van der Waals surface area contributed by atoms with Crippen LogP contribution in [0.3, 0.4) is 0 Å². The molecular formula is C15H14O4. The van der Waals surface area contributed by atoms with Gasteiger partial charge < -0.3 is 14.6 Å². The van der Waals surface area contributed by atoms with Crippen molar-refractivity contribution >= 4 is 5.97 Å². The summed E-state index contributed by atoms with van der Waals surface area (Å²) in [6, 6.07) is 1.50. The van der Waals surface area contributed by atoms with E-state index in [1.54, 1.807) is 13.8 Å². The molecule has 4 nitrogen and oxygen atoms in total. The van der Waals surface area contributed by atoms with E-state index in [-0.39, 0.29) is 17.7 Å². The average Bonchev–Trinajstić information content (AvgIpc) is 2.38. The number of benzene rings is 1. The van der Waals surface area contributed by atoms with Crippen molar-refractivity contribution in [2.24, 2.45) is 0 Å². The first-order valence-electron chi connectivity index (χ1n) is 5.50. The Labute approximate surface area is 112 Å². The number of carboxylic acid groups (broad SMARTS) is 1. The van der Waals surface area contributed by atoms with Gasteiger partial charge in [0.1, 0.15) is 6.61 Å². The van der Waals surface area contributed by atoms with Gasteiger partial charge in [-0.1, -0.05) is 11.8 Å². The fraction of sp³-hybridized carbons (Fsp3) is 0.267. The Morgan fingerprint density at radius 2 is 2.16 bits per heavy atom. The summed E-state index contributed by atoms with van der Waals surface area (Å²) in [6.07, 6.45) is 5.15. The van der Waals surface area contributed by atoms with Crippen molar-refractivity contribution in [3.05, 3.63) is 22.8 Å². The van der Waals surface area contributed by atoms with Crippen molar-refractivity contribution in [1.29, 1.82) is 0 Å². The Hall–Kier alpha value is -2.59. The number of rotatable bonds is 4. The van der Waals surface area contributed by atoms with Gasteiger partial charge in [-0.2, -0.15) is 0 Å². The number of carbonyl (C=O) groups is 1. The van der Waals surface area contributed by atoms with Crippen LogP contribution in [0.1, 0.15) is 28.4 Å². The number of terminal acetylenes is 1. The SMILES string of the molecule is C#CCOc1c(C)cc(C(=O)O)c(C#CC)c1OC. The molecule has 0 aliphatic rings. The largest absolute Gasteiger partial charge is 0.492 e. The summed E-state index contributed by atoms with van der Waals surface area (Å²) in [5.74, 6) is 7.40.